The van der Waals surface area contributed by atoms with Crippen LogP contribution in [-0.2, 0) is 0 Å². The minimum absolute atomic E-state index is 0.104. The van der Waals surface area contributed by atoms with Gasteiger partial charge >= 0.3 is 5.97 Å². The molecule has 84 valence electrons. The van der Waals surface area contributed by atoms with Crippen molar-refractivity contribution in [3.63, 3.8) is 0 Å². The van der Waals surface area contributed by atoms with Gasteiger partial charge in [0.25, 0.3) is 0 Å². The van der Waals surface area contributed by atoms with Gasteiger partial charge in [0.2, 0.25) is 0 Å². The van der Waals surface area contributed by atoms with E-state index in [-0.39, 0.29) is 5.69 Å². The Balaban J connectivity index is 2.72. The van der Waals surface area contributed by atoms with E-state index in [1.54, 1.807) is 19.1 Å². The molecule has 5 nitrogen and oxygen atoms in total. The van der Waals surface area contributed by atoms with Gasteiger partial charge in [0.1, 0.15) is 17.5 Å². The van der Waals surface area contributed by atoms with Crippen LogP contribution < -0.4 is 0 Å². The Labute approximate surface area is 96.9 Å². The zero-order valence-corrected chi connectivity index (χ0v) is 8.97. The minimum atomic E-state index is -1.13. The van der Waals surface area contributed by atoms with Crippen LogP contribution in [0.5, 0.6) is 0 Å². The Bertz CT molecular complexity index is 609. The molecule has 0 atom stereocenters. The lowest BCUT2D eigenvalue weighted by molar-refractivity contribution is 0.0690. The van der Waals surface area contributed by atoms with Crippen molar-refractivity contribution in [2.24, 2.45) is 0 Å². The summed E-state index contributed by atoms with van der Waals surface area (Å²) in [6.07, 6.45) is 1.46. The number of furan rings is 1. The smallest absolute Gasteiger partial charge is 0.354 e. The second kappa shape index (κ2) is 4.10. The van der Waals surface area contributed by atoms with Gasteiger partial charge in [0.05, 0.1) is 17.5 Å². The number of hydrogen-bond acceptors (Lipinski definition) is 4. The lowest BCUT2D eigenvalue weighted by Gasteiger charge is -2.05. The Morgan fingerprint density at radius 3 is 2.88 bits per heavy atom. The number of aryl methyl sites for hydroxylation is 1. The summed E-state index contributed by atoms with van der Waals surface area (Å²) < 4.78 is 5.18. The van der Waals surface area contributed by atoms with Crippen LogP contribution in [0.4, 0.5) is 0 Å². The van der Waals surface area contributed by atoms with Crippen molar-refractivity contribution in [2.45, 2.75) is 6.92 Å². The largest absolute Gasteiger partial charge is 0.477 e. The van der Waals surface area contributed by atoms with Gasteiger partial charge in [-0.05, 0) is 25.1 Å². The van der Waals surface area contributed by atoms with Crippen molar-refractivity contribution >= 4 is 5.97 Å². The number of carboxylic acid groups (broad SMARTS) is 1. The molecule has 2 aromatic heterocycles. The van der Waals surface area contributed by atoms with Crippen molar-refractivity contribution in [1.29, 1.82) is 5.26 Å². The number of pyridine rings is 1. The maximum atomic E-state index is 10.9. The van der Waals surface area contributed by atoms with E-state index in [9.17, 15) is 4.79 Å². The molecule has 0 amide bonds. The standard InChI is InChI=1S/C12H8N2O3/c1-7-9(6-13)8(11-3-2-4-17-11)5-10(14-7)12(15)16/h2-5H,1H3,(H,15,16). The molecule has 17 heavy (non-hydrogen) atoms. The molecule has 0 aliphatic rings. The van der Waals surface area contributed by atoms with E-state index in [0.29, 0.717) is 22.6 Å². The quantitative estimate of drug-likeness (QED) is 0.851. The summed E-state index contributed by atoms with van der Waals surface area (Å²) in [7, 11) is 0. The number of aromatic carboxylic acids is 1. The maximum absolute atomic E-state index is 10.9. The number of nitriles is 1. The molecule has 0 spiro atoms. The predicted molar refractivity (Wildman–Crippen MR) is 58.4 cm³/mol. The highest BCUT2D eigenvalue weighted by atomic mass is 16.4. The molecule has 0 aliphatic carbocycles. The van der Waals surface area contributed by atoms with E-state index in [4.69, 9.17) is 14.8 Å². The summed E-state index contributed by atoms with van der Waals surface area (Å²) in [5, 5.41) is 18.0. The summed E-state index contributed by atoms with van der Waals surface area (Å²) in [6.45, 7) is 1.59. The van der Waals surface area contributed by atoms with Crippen molar-refractivity contribution in [3.8, 4) is 17.4 Å². The molecule has 2 heterocycles. The summed E-state index contributed by atoms with van der Waals surface area (Å²) in [5.74, 6) is -0.681. The molecular weight excluding hydrogens is 220 g/mol. The third-order valence-corrected chi connectivity index (χ3v) is 2.32. The van der Waals surface area contributed by atoms with Crippen molar-refractivity contribution < 1.29 is 14.3 Å². The number of rotatable bonds is 2. The average Bonchev–Trinajstić information content (AvgIpc) is 2.81. The second-order valence-corrected chi connectivity index (χ2v) is 3.41. The average molecular weight is 228 g/mol. The zero-order valence-electron chi connectivity index (χ0n) is 8.97. The predicted octanol–water partition coefficient (Wildman–Crippen LogP) is 2.22. The summed E-state index contributed by atoms with van der Waals surface area (Å²) >= 11 is 0. The van der Waals surface area contributed by atoms with Crippen LogP contribution in [0.3, 0.4) is 0 Å². The normalized spacial score (nSPS) is 9.88. The highest BCUT2D eigenvalue weighted by molar-refractivity contribution is 5.88. The lowest BCUT2D eigenvalue weighted by Crippen LogP contribution is -2.04. The Hall–Kier alpha value is -2.61. The molecule has 0 unspecified atom stereocenters. The van der Waals surface area contributed by atoms with Crippen LogP contribution in [0.15, 0.2) is 28.9 Å². The molecule has 5 heteroatoms. The Morgan fingerprint density at radius 1 is 1.59 bits per heavy atom. The maximum Gasteiger partial charge on any atom is 0.354 e. The van der Waals surface area contributed by atoms with Crippen molar-refractivity contribution in [2.75, 3.05) is 0 Å². The minimum Gasteiger partial charge on any atom is -0.477 e. The number of hydrogen-bond donors (Lipinski definition) is 1. The molecule has 2 rings (SSSR count). The lowest BCUT2D eigenvalue weighted by atomic mass is 10.0. The van der Waals surface area contributed by atoms with Gasteiger partial charge in [-0.2, -0.15) is 5.26 Å². The van der Waals surface area contributed by atoms with Gasteiger partial charge in [-0.25, -0.2) is 9.78 Å². The van der Waals surface area contributed by atoms with E-state index in [0.717, 1.165) is 0 Å². The summed E-state index contributed by atoms with van der Waals surface area (Å²) in [6, 6.07) is 6.68. The second-order valence-electron chi connectivity index (χ2n) is 3.41. The highest BCUT2D eigenvalue weighted by Crippen LogP contribution is 2.26. The first-order chi connectivity index (χ1) is 8.13. The first-order valence-corrected chi connectivity index (χ1v) is 4.82. The van der Waals surface area contributed by atoms with E-state index in [1.807, 2.05) is 6.07 Å². The molecule has 0 bridgehead atoms. The zero-order chi connectivity index (χ0) is 12.4. The molecule has 0 saturated carbocycles. The summed E-state index contributed by atoms with van der Waals surface area (Å²) in [4.78, 5) is 14.7. The van der Waals surface area contributed by atoms with Crippen LogP contribution in [0.25, 0.3) is 11.3 Å². The topological polar surface area (TPSA) is 87.1 Å². The van der Waals surface area contributed by atoms with Gasteiger partial charge in [-0.1, -0.05) is 0 Å². The fourth-order valence-corrected chi connectivity index (χ4v) is 1.55. The molecular formula is C12H8N2O3. The van der Waals surface area contributed by atoms with Crippen LogP contribution in [0, 0.1) is 18.3 Å². The Kier molecular flexibility index (Phi) is 2.63. The molecule has 0 radical (unpaired) electrons. The first kappa shape index (κ1) is 10.9. The van der Waals surface area contributed by atoms with Gasteiger partial charge in [-0.3, -0.25) is 0 Å². The fraction of sp³-hybridized carbons (Fsp3) is 0.0833. The number of carbonyl (C=O) groups is 1. The molecule has 0 fully saturated rings. The van der Waals surface area contributed by atoms with Gasteiger partial charge in [-0.15, -0.1) is 0 Å². The van der Waals surface area contributed by atoms with Gasteiger partial charge in [0.15, 0.2) is 0 Å². The highest BCUT2D eigenvalue weighted by Gasteiger charge is 2.16. The molecule has 0 aromatic carbocycles. The molecule has 0 saturated heterocycles. The van der Waals surface area contributed by atoms with Crippen LogP contribution in [-0.4, -0.2) is 16.1 Å². The molecule has 1 N–H and O–H groups in total. The molecule has 0 aliphatic heterocycles. The first-order valence-electron chi connectivity index (χ1n) is 4.82. The number of carboxylic acids is 1. The van der Waals surface area contributed by atoms with E-state index in [1.165, 1.54) is 12.3 Å². The van der Waals surface area contributed by atoms with Gasteiger partial charge < -0.3 is 9.52 Å². The Morgan fingerprint density at radius 2 is 2.35 bits per heavy atom. The third-order valence-electron chi connectivity index (χ3n) is 2.32. The van der Waals surface area contributed by atoms with Crippen LogP contribution >= 0.6 is 0 Å². The van der Waals surface area contributed by atoms with Crippen LogP contribution in [0.1, 0.15) is 21.7 Å². The van der Waals surface area contributed by atoms with Gasteiger partial charge in [0, 0.05) is 5.56 Å². The van der Waals surface area contributed by atoms with Crippen LogP contribution in [0.2, 0.25) is 0 Å². The van der Waals surface area contributed by atoms with E-state index >= 15 is 0 Å². The number of nitrogens with zero attached hydrogens (tertiary/aromatic N) is 2. The SMILES string of the molecule is Cc1nc(C(=O)O)cc(-c2ccco2)c1C#N. The third kappa shape index (κ3) is 1.88. The number of aromatic nitrogens is 1. The fourth-order valence-electron chi connectivity index (χ4n) is 1.55. The van der Waals surface area contributed by atoms with E-state index in [2.05, 4.69) is 4.98 Å². The van der Waals surface area contributed by atoms with E-state index < -0.39 is 5.97 Å². The van der Waals surface area contributed by atoms with Crippen molar-refractivity contribution in [3.05, 3.63) is 41.4 Å². The molecule has 2 aromatic rings. The summed E-state index contributed by atoms with van der Waals surface area (Å²) in [5.41, 5.74) is 1.04. The monoisotopic (exact) mass is 228 g/mol. The van der Waals surface area contributed by atoms with Crippen molar-refractivity contribution in [1.82, 2.24) is 4.98 Å².